The van der Waals surface area contributed by atoms with Crippen molar-refractivity contribution >= 4 is 23.2 Å². The molecule has 1 aromatic heterocycles. The van der Waals surface area contributed by atoms with Gasteiger partial charge in [-0.25, -0.2) is 9.37 Å². The van der Waals surface area contributed by atoms with E-state index in [1.54, 1.807) is 31.2 Å². The number of ketones is 2. The molecule has 1 heterocycles. The van der Waals surface area contributed by atoms with E-state index in [2.05, 4.69) is 4.98 Å². The number of hydrogen-bond donors (Lipinski definition) is 1. The van der Waals surface area contributed by atoms with Crippen LogP contribution >= 0.6 is 11.6 Å². The lowest BCUT2D eigenvalue weighted by atomic mass is 9.92. The highest BCUT2D eigenvalue weighted by molar-refractivity contribution is 6.31. The Bertz CT molecular complexity index is 1280. The van der Waals surface area contributed by atoms with Crippen LogP contribution < -0.4 is 14.2 Å². The van der Waals surface area contributed by atoms with Crippen molar-refractivity contribution in [3.05, 3.63) is 70.6 Å². The Balaban J connectivity index is 1.79. The van der Waals surface area contributed by atoms with Crippen LogP contribution in [0.3, 0.4) is 0 Å². The molecular formula is C27H27ClFNO6. The van der Waals surface area contributed by atoms with Crippen LogP contribution in [0.25, 0.3) is 11.3 Å². The van der Waals surface area contributed by atoms with Gasteiger partial charge in [0.25, 0.3) is 0 Å². The van der Waals surface area contributed by atoms with E-state index in [1.807, 2.05) is 0 Å². The Labute approximate surface area is 213 Å². The summed E-state index contributed by atoms with van der Waals surface area (Å²) in [7, 11) is 2.92. The Morgan fingerprint density at radius 2 is 1.72 bits per heavy atom. The second kappa shape index (κ2) is 11.5. The third-order valence-corrected chi connectivity index (χ3v) is 5.87. The van der Waals surface area contributed by atoms with Gasteiger partial charge in [0.05, 0.1) is 24.9 Å². The van der Waals surface area contributed by atoms with Crippen molar-refractivity contribution in [3.63, 3.8) is 0 Å². The van der Waals surface area contributed by atoms with Crippen LogP contribution in [0.1, 0.15) is 42.7 Å². The zero-order valence-corrected chi connectivity index (χ0v) is 21.2. The number of carbonyl (C=O) groups excluding carboxylic acids is 2. The first kappa shape index (κ1) is 27.1. The van der Waals surface area contributed by atoms with Crippen molar-refractivity contribution in [2.75, 3.05) is 20.8 Å². The zero-order valence-electron chi connectivity index (χ0n) is 20.4. The SMILES string of the molecule is COc1cc(C(=O)CCC(C)(O)c2ccc(OC)c(-c3ccc(F)c(Cl)c3)n2)ccc1OCC(C)=O. The molecule has 7 nitrogen and oxygen atoms in total. The van der Waals surface area contributed by atoms with Crippen molar-refractivity contribution in [2.45, 2.75) is 32.3 Å². The van der Waals surface area contributed by atoms with E-state index in [1.165, 1.54) is 45.4 Å². The van der Waals surface area contributed by atoms with Crippen LogP contribution in [0.2, 0.25) is 5.02 Å². The quantitative estimate of drug-likeness (QED) is 0.342. The van der Waals surface area contributed by atoms with Gasteiger partial charge in [-0.15, -0.1) is 0 Å². The maximum atomic E-state index is 13.6. The average molecular weight is 516 g/mol. The Morgan fingerprint density at radius 1 is 1.03 bits per heavy atom. The van der Waals surface area contributed by atoms with Crippen molar-refractivity contribution < 1.29 is 33.3 Å². The smallest absolute Gasteiger partial charge is 0.167 e. The second-order valence-corrected chi connectivity index (χ2v) is 8.84. The number of rotatable bonds is 11. The summed E-state index contributed by atoms with van der Waals surface area (Å²) in [5.74, 6) is 0.187. The number of aliphatic hydroxyl groups is 1. The van der Waals surface area contributed by atoms with E-state index in [-0.39, 0.29) is 36.0 Å². The van der Waals surface area contributed by atoms with Crippen LogP contribution in [0.4, 0.5) is 4.39 Å². The van der Waals surface area contributed by atoms with Crippen LogP contribution in [-0.2, 0) is 10.4 Å². The minimum Gasteiger partial charge on any atom is -0.494 e. The molecule has 0 aliphatic heterocycles. The molecule has 1 unspecified atom stereocenters. The first-order valence-corrected chi connectivity index (χ1v) is 11.5. The van der Waals surface area contributed by atoms with Gasteiger partial charge in [0.15, 0.2) is 23.1 Å². The summed E-state index contributed by atoms with van der Waals surface area (Å²) in [4.78, 5) is 28.6. The number of nitrogens with zero attached hydrogens (tertiary/aromatic N) is 1. The fourth-order valence-corrected chi connectivity index (χ4v) is 3.71. The number of pyridine rings is 1. The Hall–Kier alpha value is -3.49. The van der Waals surface area contributed by atoms with E-state index < -0.39 is 11.4 Å². The van der Waals surface area contributed by atoms with Gasteiger partial charge < -0.3 is 19.3 Å². The molecule has 0 radical (unpaired) electrons. The third kappa shape index (κ3) is 6.38. The summed E-state index contributed by atoms with van der Waals surface area (Å²) in [6, 6.07) is 12.1. The minimum absolute atomic E-state index is 0.0230. The maximum Gasteiger partial charge on any atom is 0.167 e. The predicted molar refractivity (Wildman–Crippen MR) is 133 cm³/mol. The Kier molecular flexibility index (Phi) is 8.66. The van der Waals surface area contributed by atoms with Crippen LogP contribution in [0, 0.1) is 5.82 Å². The average Bonchev–Trinajstić information content (AvgIpc) is 2.87. The number of methoxy groups -OCH3 is 2. The molecule has 0 spiro atoms. The standard InChI is InChI=1S/C27H27ClFNO6/c1-16(31)15-36-22-8-6-17(14-24(22)35-4)21(32)11-12-27(2,33)25-10-9-23(34-3)26(30-25)18-5-7-20(29)19(28)13-18/h5-10,13-14,33H,11-12,15H2,1-4H3. The molecule has 36 heavy (non-hydrogen) atoms. The largest absolute Gasteiger partial charge is 0.494 e. The number of Topliss-reactive ketones (excluding diaryl/α,β-unsaturated/α-hetero) is 2. The molecule has 0 saturated heterocycles. The first-order chi connectivity index (χ1) is 17.1. The molecule has 0 bridgehead atoms. The van der Waals surface area contributed by atoms with Gasteiger partial charge >= 0.3 is 0 Å². The normalized spacial score (nSPS) is 12.5. The van der Waals surface area contributed by atoms with Gasteiger partial charge in [-0.3, -0.25) is 9.59 Å². The summed E-state index contributed by atoms with van der Waals surface area (Å²) in [6.45, 7) is 2.87. The number of halogens is 2. The molecule has 1 N–H and O–H groups in total. The lowest BCUT2D eigenvalue weighted by molar-refractivity contribution is -0.118. The summed E-state index contributed by atoms with van der Waals surface area (Å²) in [5.41, 5.74) is 0.148. The van der Waals surface area contributed by atoms with E-state index in [0.29, 0.717) is 39.8 Å². The van der Waals surface area contributed by atoms with Gasteiger partial charge in [0.1, 0.15) is 29.5 Å². The summed E-state index contributed by atoms with van der Waals surface area (Å²) >= 11 is 5.93. The highest BCUT2D eigenvalue weighted by atomic mass is 35.5. The highest BCUT2D eigenvalue weighted by Gasteiger charge is 2.28. The highest BCUT2D eigenvalue weighted by Crippen LogP contribution is 2.35. The molecule has 9 heteroatoms. The lowest BCUT2D eigenvalue weighted by Gasteiger charge is -2.24. The number of benzene rings is 2. The predicted octanol–water partition coefficient (Wildman–Crippen LogP) is 5.40. The molecule has 0 aliphatic carbocycles. The lowest BCUT2D eigenvalue weighted by Crippen LogP contribution is -2.24. The molecule has 3 aromatic rings. The zero-order chi connectivity index (χ0) is 26.5. The van der Waals surface area contributed by atoms with E-state index in [9.17, 15) is 19.1 Å². The molecule has 3 rings (SSSR count). The van der Waals surface area contributed by atoms with Gasteiger partial charge in [-0.2, -0.15) is 0 Å². The van der Waals surface area contributed by atoms with E-state index in [4.69, 9.17) is 25.8 Å². The van der Waals surface area contributed by atoms with Crippen LogP contribution in [-0.4, -0.2) is 42.5 Å². The maximum absolute atomic E-state index is 13.6. The van der Waals surface area contributed by atoms with Crippen molar-refractivity contribution in [2.24, 2.45) is 0 Å². The summed E-state index contributed by atoms with van der Waals surface area (Å²) in [6.07, 6.45) is 0.106. The molecule has 0 amide bonds. The van der Waals surface area contributed by atoms with Crippen molar-refractivity contribution in [1.82, 2.24) is 4.98 Å². The molecule has 1 atom stereocenters. The Morgan fingerprint density at radius 3 is 2.36 bits per heavy atom. The van der Waals surface area contributed by atoms with Gasteiger partial charge in [-0.1, -0.05) is 11.6 Å². The monoisotopic (exact) mass is 515 g/mol. The number of ether oxygens (including phenoxy) is 3. The van der Waals surface area contributed by atoms with Gasteiger partial charge in [0, 0.05) is 17.5 Å². The van der Waals surface area contributed by atoms with Crippen LogP contribution in [0.15, 0.2) is 48.5 Å². The molecule has 190 valence electrons. The molecule has 0 fully saturated rings. The number of aromatic nitrogens is 1. The molecule has 2 aromatic carbocycles. The number of hydrogen-bond acceptors (Lipinski definition) is 7. The van der Waals surface area contributed by atoms with Crippen molar-refractivity contribution in [3.8, 4) is 28.5 Å². The first-order valence-electron chi connectivity index (χ1n) is 11.1. The van der Waals surface area contributed by atoms with Crippen LogP contribution in [0.5, 0.6) is 17.2 Å². The topological polar surface area (TPSA) is 95.0 Å². The van der Waals surface area contributed by atoms with E-state index >= 15 is 0 Å². The molecule has 0 aliphatic rings. The molecule has 0 saturated carbocycles. The van der Waals surface area contributed by atoms with E-state index in [0.717, 1.165) is 0 Å². The van der Waals surface area contributed by atoms with Crippen molar-refractivity contribution in [1.29, 1.82) is 0 Å². The number of carbonyl (C=O) groups is 2. The second-order valence-electron chi connectivity index (χ2n) is 8.43. The molecular weight excluding hydrogens is 489 g/mol. The van der Waals surface area contributed by atoms with Gasteiger partial charge in [0.2, 0.25) is 0 Å². The summed E-state index contributed by atoms with van der Waals surface area (Å²) in [5, 5.41) is 11.1. The third-order valence-electron chi connectivity index (χ3n) is 5.58. The summed E-state index contributed by atoms with van der Waals surface area (Å²) < 4.78 is 29.7. The fraction of sp³-hybridized carbons (Fsp3) is 0.296. The minimum atomic E-state index is -1.45. The fourth-order valence-electron chi connectivity index (χ4n) is 3.53. The van der Waals surface area contributed by atoms with Gasteiger partial charge in [-0.05, 0) is 68.8 Å².